The van der Waals surface area contributed by atoms with Gasteiger partial charge in [-0.3, -0.25) is 57.5 Å². The van der Waals surface area contributed by atoms with E-state index >= 15 is 37.5 Å². The molecule has 2 saturated heterocycles. The van der Waals surface area contributed by atoms with Crippen molar-refractivity contribution in [2.75, 3.05) is 89.6 Å². The third-order valence-corrected chi connectivity index (χ3v) is 22.8. The monoisotopic (exact) mass is 1460 g/mol. The number of hydrogen-bond acceptors (Lipinski definition) is 12. The Morgan fingerprint density at radius 1 is 0.663 bits per heavy atom. The maximum absolute atomic E-state index is 15.7. The van der Waals surface area contributed by atoms with Gasteiger partial charge in [0.25, 0.3) is 0 Å². The molecule has 8 rings (SSSR count). The summed E-state index contributed by atoms with van der Waals surface area (Å²) in [5.41, 5.74) is -3.08. The number of nitrogens with one attached hydrogen (secondary N) is 2. The molecule has 5 fully saturated rings. The van der Waals surface area contributed by atoms with Gasteiger partial charge in [0.2, 0.25) is 70.9 Å². The second kappa shape index (κ2) is 33.7. The Bertz CT molecular complexity index is 3570. The summed E-state index contributed by atoms with van der Waals surface area (Å²) in [6, 6.07) is -2.52. The van der Waals surface area contributed by atoms with Gasteiger partial charge in [-0.2, -0.15) is 13.2 Å². The Morgan fingerprint density at radius 2 is 1.29 bits per heavy atom. The lowest BCUT2D eigenvalue weighted by Crippen LogP contribution is -2.68. The molecule has 2 spiro atoms. The molecule has 2 aromatic carbocycles. The lowest BCUT2D eigenvalue weighted by Gasteiger charge is -2.51. The van der Waals surface area contributed by atoms with Crippen molar-refractivity contribution < 1.29 is 79.5 Å². The second-order valence-corrected chi connectivity index (χ2v) is 30.2. The van der Waals surface area contributed by atoms with E-state index in [-0.39, 0.29) is 63.6 Å². The summed E-state index contributed by atoms with van der Waals surface area (Å²) < 4.78 is 72.0. The van der Waals surface area contributed by atoms with Crippen LogP contribution in [0.15, 0.2) is 48.6 Å². The molecule has 2 N–H and O–H groups in total. The van der Waals surface area contributed by atoms with Gasteiger partial charge in [0, 0.05) is 82.9 Å². The van der Waals surface area contributed by atoms with Crippen LogP contribution < -0.4 is 10.6 Å². The van der Waals surface area contributed by atoms with Gasteiger partial charge >= 0.3 is 6.18 Å². The van der Waals surface area contributed by atoms with E-state index in [2.05, 4.69) is 10.6 Å². The van der Waals surface area contributed by atoms with E-state index in [0.29, 0.717) is 75.5 Å². The molecule has 104 heavy (non-hydrogen) atoms. The molecule has 2 bridgehead atoms. The van der Waals surface area contributed by atoms with Gasteiger partial charge in [0.15, 0.2) is 0 Å². The number of carbonyl (C=O) groups excluding carboxylic acids is 12. The molecule has 3 saturated carbocycles. The van der Waals surface area contributed by atoms with Crippen LogP contribution in [-0.2, 0) is 76.6 Å². The van der Waals surface area contributed by atoms with E-state index in [1.54, 1.807) is 38.1 Å². The van der Waals surface area contributed by atoms with Crippen molar-refractivity contribution in [2.45, 2.75) is 210 Å². The zero-order valence-corrected chi connectivity index (χ0v) is 62.4. The van der Waals surface area contributed by atoms with Crippen LogP contribution >= 0.6 is 0 Å². The van der Waals surface area contributed by atoms with Crippen molar-refractivity contribution >= 4 is 70.9 Å². The summed E-state index contributed by atoms with van der Waals surface area (Å²) in [5.74, 6) is -13.3. The van der Waals surface area contributed by atoms with E-state index in [1.807, 2.05) is 26.0 Å². The number of benzene rings is 2. The normalized spacial score (nSPS) is 26.7. The van der Waals surface area contributed by atoms with E-state index in [1.165, 1.54) is 97.7 Å². The van der Waals surface area contributed by atoms with Crippen LogP contribution in [0.1, 0.15) is 152 Å². The smallest absolute Gasteiger partial charge is 0.347 e. The average Bonchev–Trinajstić information content (AvgIpc) is 1.49. The Balaban J connectivity index is 1.21. The number of rotatable bonds is 11. The van der Waals surface area contributed by atoms with Gasteiger partial charge in [-0.05, 0) is 131 Å². The number of aryl methyl sites for hydroxylation is 2. The fourth-order valence-corrected chi connectivity index (χ4v) is 15.6. The summed E-state index contributed by atoms with van der Waals surface area (Å²) in [6.45, 7) is 5.80. The summed E-state index contributed by atoms with van der Waals surface area (Å²) >= 11 is 0. The zero-order chi connectivity index (χ0) is 76.8. The van der Waals surface area contributed by atoms with E-state index < -0.39 is 198 Å². The number of fused-ring (bicyclic) bond motifs is 3. The number of amides is 12. The van der Waals surface area contributed by atoms with Gasteiger partial charge < -0.3 is 59.6 Å². The quantitative estimate of drug-likeness (QED) is 0.209. The molecule has 12 amide bonds. The van der Waals surface area contributed by atoms with Crippen LogP contribution in [0, 0.1) is 35.8 Å². The third kappa shape index (κ3) is 17.9. The molecule has 2 aromatic rings. The highest BCUT2D eigenvalue weighted by atomic mass is 19.4. The minimum atomic E-state index is -5.40. The lowest BCUT2D eigenvalue weighted by atomic mass is 9.73. The van der Waals surface area contributed by atoms with Gasteiger partial charge in [0.1, 0.15) is 71.1 Å². The Labute approximate surface area is 606 Å². The first-order valence-corrected chi connectivity index (χ1v) is 36.4. The number of likely N-dealkylation sites (N-methyl/N-ethyl adjacent to an activating group) is 8. The molecule has 572 valence electrons. The van der Waals surface area contributed by atoms with E-state index in [9.17, 15) is 41.9 Å². The topological polar surface area (TPSA) is 261 Å². The van der Waals surface area contributed by atoms with Crippen LogP contribution in [0.5, 0.6) is 0 Å². The average molecular weight is 1460 g/mol. The molecule has 3 aliphatic carbocycles. The third-order valence-electron chi connectivity index (χ3n) is 22.8. The van der Waals surface area contributed by atoms with Crippen molar-refractivity contribution in [1.29, 1.82) is 0 Å². The first-order chi connectivity index (χ1) is 48.9. The molecule has 24 nitrogen and oxygen atoms in total. The van der Waals surface area contributed by atoms with Crippen molar-refractivity contribution in [2.24, 2.45) is 17.3 Å². The number of halogens is 5. The Morgan fingerprint density at radius 3 is 1.86 bits per heavy atom. The summed E-state index contributed by atoms with van der Waals surface area (Å²) in [7, 11) is 12.7. The summed E-state index contributed by atoms with van der Waals surface area (Å²) in [6.07, 6.45) is 2.02. The number of alkyl halides is 3. The van der Waals surface area contributed by atoms with Crippen LogP contribution in [0.2, 0.25) is 0 Å². The number of carbonyl (C=O) groups is 12. The number of hydrogen-bond donors (Lipinski definition) is 2. The highest BCUT2D eigenvalue weighted by molar-refractivity contribution is 6.01. The second-order valence-electron chi connectivity index (χ2n) is 30.2. The molecular weight excluding hydrogens is 1360 g/mol. The SMILES string of the molecule is CCC[C@H]1C(=O)N[C@@H]([C@@H](C)CC)C(=O)N(C)CC(=O)N(C)[C@H]2C/C=C\CCN(C2=O)[C@@H](Cc2ccc(C)cc2)C(=O)N(C)CC(=O)N[C@@H](CCc2cc(F)c(C(F)(F)F)c(F)c2)C(=O)N2CC3(CC3)C[C@H]2C(=O)N(C)C2(CCC2)C(=O)N(C)[C@@H](C2CCCC2)C(=O)N(C)[C@H](C(=O)N(C)C)CC(=O)N1C. The highest BCUT2D eigenvalue weighted by Gasteiger charge is 2.60. The van der Waals surface area contributed by atoms with Gasteiger partial charge in [0.05, 0.1) is 19.5 Å². The maximum Gasteiger partial charge on any atom is 0.422 e. The van der Waals surface area contributed by atoms with Crippen molar-refractivity contribution in [3.63, 3.8) is 0 Å². The largest absolute Gasteiger partial charge is 0.422 e. The molecule has 29 heteroatoms. The van der Waals surface area contributed by atoms with Gasteiger partial charge in [-0.25, -0.2) is 8.78 Å². The lowest BCUT2D eigenvalue weighted by molar-refractivity contribution is -0.166. The van der Waals surface area contributed by atoms with E-state index in [4.69, 9.17) is 0 Å². The molecule has 0 radical (unpaired) electrons. The van der Waals surface area contributed by atoms with Crippen molar-refractivity contribution in [3.8, 4) is 0 Å². The fraction of sp³-hybridized carbons (Fsp3) is 0.653. The maximum atomic E-state index is 15.7. The summed E-state index contributed by atoms with van der Waals surface area (Å²) in [5, 5.41) is 5.56. The van der Waals surface area contributed by atoms with Crippen LogP contribution in [-0.4, -0.2) is 263 Å². The Kier molecular flexibility index (Phi) is 26.3. The molecule has 3 heterocycles. The summed E-state index contributed by atoms with van der Waals surface area (Å²) in [4.78, 5) is 193. The van der Waals surface area contributed by atoms with Gasteiger partial charge in [-0.1, -0.05) is 88.4 Å². The molecule has 9 atom stereocenters. The molecule has 0 unspecified atom stereocenters. The molecular formula is C75H105F5N12O12. The predicted octanol–water partition coefficient (Wildman–Crippen LogP) is 5.50. The Hall–Kier alpha value is -8.53. The standard InChI is InChI=1S/C75H105F5N12O12/c1-14-22-53-64(96)82-62(46(4)15-2)70(102)85(8)43-60(95)87(10)54-25-17-16-20-36-91(69(54)101)56(39-47-28-26-45(3)27-29-47)67(99)84(7)42-58(93)81-52(31-30-48-37-50(76)61(51(77)38-48)75(78,79)80)65(97)92-44-73(34-35-73)41-57(92)68(100)90(13)74(32-21-33-74)72(104)89(12)63(49-23-18-19-24-49)71(103)88(11)55(66(98)83(5)6)40-59(94)86(53)9/h16-17,26-29,37-38,46,49,52-57,62-63H,14-15,18-25,30-36,39-44H2,1-13H3,(H,81,93)(H,82,96)/b17-16-/t46-,52-,53-,54-,55-,56-,57-,62-,63-/m0/s1. The van der Waals surface area contributed by atoms with E-state index in [0.717, 1.165) is 20.3 Å². The molecule has 3 aliphatic heterocycles. The molecule has 0 aromatic heterocycles. The van der Waals surface area contributed by atoms with Crippen LogP contribution in [0.25, 0.3) is 0 Å². The minimum Gasteiger partial charge on any atom is -0.347 e. The molecule has 6 aliphatic rings. The fourth-order valence-electron chi connectivity index (χ4n) is 15.6. The first kappa shape index (κ1) is 81.1. The highest BCUT2D eigenvalue weighted by Crippen LogP contribution is 2.56. The van der Waals surface area contributed by atoms with Gasteiger partial charge in [-0.15, -0.1) is 0 Å². The predicted molar refractivity (Wildman–Crippen MR) is 375 cm³/mol. The zero-order valence-electron chi connectivity index (χ0n) is 62.4. The van der Waals surface area contributed by atoms with Crippen LogP contribution in [0.3, 0.4) is 0 Å². The van der Waals surface area contributed by atoms with Crippen molar-refractivity contribution in [3.05, 3.63) is 82.4 Å². The number of nitrogens with zero attached hydrogens (tertiary/aromatic N) is 10. The van der Waals surface area contributed by atoms with Crippen molar-refractivity contribution in [1.82, 2.24) is 59.6 Å². The minimum absolute atomic E-state index is 0.0115. The van der Waals surface area contributed by atoms with Crippen LogP contribution in [0.4, 0.5) is 22.0 Å². The first-order valence-electron chi connectivity index (χ1n) is 36.4.